The van der Waals surface area contributed by atoms with Crippen LogP contribution in [-0.2, 0) is 0 Å². The first-order chi connectivity index (χ1) is 9.66. The summed E-state index contributed by atoms with van der Waals surface area (Å²) in [5.74, 6) is -0.274. The van der Waals surface area contributed by atoms with Gasteiger partial charge in [0, 0.05) is 17.1 Å². The van der Waals surface area contributed by atoms with Gasteiger partial charge in [-0.2, -0.15) is 0 Å². The summed E-state index contributed by atoms with van der Waals surface area (Å²) in [7, 11) is 0. The van der Waals surface area contributed by atoms with Crippen LogP contribution in [0.25, 0.3) is 10.9 Å². The summed E-state index contributed by atoms with van der Waals surface area (Å²) >= 11 is 0. The van der Waals surface area contributed by atoms with Gasteiger partial charge in [0.25, 0.3) is 0 Å². The van der Waals surface area contributed by atoms with Gasteiger partial charge in [-0.1, -0.05) is 35.9 Å². The molecule has 2 nitrogen and oxygen atoms in total. The van der Waals surface area contributed by atoms with E-state index in [0.717, 1.165) is 22.0 Å². The van der Waals surface area contributed by atoms with E-state index in [1.807, 2.05) is 37.3 Å². The van der Waals surface area contributed by atoms with E-state index in [1.54, 1.807) is 18.3 Å². The number of hydrogen-bond donors (Lipinski definition) is 1. The Morgan fingerprint density at radius 2 is 1.85 bits per heavy atom. The van der Waals surface area contributed by atoms with Gasteiger partial charge < -0.3 is 5.73 Å². The molecule has 3 heteroatoms. The molecular weight excluding hydrogens is 251 g/mol. The number of fused-ring (bicyclic) bond motifs is 1. The lowest BCUT2D eigenvalue weighted by Crippen LogP contribution is -2.14. The van der Waals surface area contributed by atoms with Crippen molar-refractivity contribution in [1.82, 2.24) is 4.98 Å². The van der Waals surface area contributed by atoms with Crippen LogP contribution in [0.15, 0.2) is 54.7 Å². The van der Waals surface area contributed by atoms with Crippen molar-refractivity contribution in [3.05, 3.63) is 77.2 Å². The van der Waals surface area contributed by atoms with Crippen molar-refractivity contribution >= 4 is 10.9 Å². The third kappa shape index (κ3) is 2.17. The van der Waals surface area contributed by atoms with Crippen molar-refractivity contribution < 1.29 is 4.39 Å². The van der Waals surface area contributed by atoms with Gasteiger partial charge >= 0.3 is 0 Å². The number of benzene rings is 2. The number of pyridine rings is 1. The van der Waals surface area contributed by atoms with E-state index in [1.165, 1.54) is 6.07 Å². The molecule has 0 radical (unpaired) electrons. The lowest BCUT2D eigenvalue weighted by molar-refractivity contribution is 0.599. The summed E-state index contributed by atoms with van der Waals surface area (Å²) in [5, 5.41) is 0.961. The van der Waals surface area contributed by atoms with E-state index in [2.05, 4.69) is 4.98 Å². The highest BCUT2D eigenvalue weighted by Gasteiger charge is 2.16. The van der Waals surface area contributed by atoms with Gasteiger partial charge in [0.15, 0.2) is 0 Å². The molecule has 0 aliphatic rings. The molecule has 1 aromatic heterocycles. The summed E-state index contributed by atoms with van der Waals surface area (Å²) in [6.07, 6.45) is 1.71. The highest BCUT2D eigenvalue weighted by Crippen LogP contribution is 2.28. The third-order valence-corrected chi connectivity index (χ3v) is 3.50. The number of nitrogens with two attached hydrogens (primary N) is 1. The fourth-order valence-electron chi connectivity index (χ4n) is 2.46. The Kier molecular flexibility index (Phi) is 3.20. The Morgan fingerprint density at radius 1 is 1.05 bits per heavy atom. The number of halogens is 1. The lowest BCUT2D eigenvalue weighted by atomic mass is 9.95. The van der Waals surface area contributed by atoms with Gasteiger partial charge in [-0.25, -0.2) is 4.39 Å². The normalized spacial score (nSPS) is 12.6. The molecule has 0 bridgehead atoms. The standard InChI is InChI=1S/C17H15FN2/c1-11-6-7-15(18)14(10-11)17(19)13-8-9-20-16-5-3-2-4-12(13)16/h2-10,17H,19H2,1H3. The number of para-hydroxylation sites is 1. The summed E-state index contributed by atoms with van der Waals surface area (Å²) in [6, 6.07) is 14.1. The minimum Gasteiger partial charge on any atom is -0.320 e. The van der Waals surface area contributed by atoms with Crippen molar-refractivity contribution in [3.63, 3.8) is 0 Å². The van der Waals surface area contributed by atoms with Crippen LogP contribution < -0.4 is 5.73 Å². The van der Waals surface area contributed by atoms with Gasteiger partial charge in [-0.05, 0) is 30.7 Å². The molecule has 0 aliphatic carbocycles. The summed E-state index contributed by atoms with van der Waals surface area (Å²) in [4.78, 5) is 4.31. The van der Waals surface area contributed by atoms with Crippen LogP contribution in [0.2, 0.25) is 0 Å². The van der Waals surface area contributed by atoms with Crippen LogP contribution in [0.1, 0.15) is 22.7 Å². The topological polar surface area (TPSA) is 38.9 Å². The van der Waals surface area contributed by atoms with Crippen LogP contribution in [-0.4, -0.2) is 4.98 Å². The van der Waals surface area contributed by atoms with Gasteiger partial charge in [0.1, 0.15) is 5.82 Å². The van der Waals surface area contributed by atoms with Crippen LogP contribution >= 0.6 is 0 Å². The zero-order chi connectivity index (χ0) is 14.1. The maximum absolute atomic E-state index is 14.0. The first-order valence-corrected chi connectivity index (χ1v) is 6.52. The average molecular weight is 266 g/mol. The van der Waals surface area contributed by atoms with Gasteiger partial charge in [0.05, 0.1) is 11.6 Å². The number of nitrogens with zero attached hydrogens (tertiary/aromatic N) is 1. The van der Waals surface area contributed by atoms with E-state index >= 15 is 0 Å². The second-order valence-corrected chi connectivity index (χ2v) is 4.92. The monoisotopic (exact) mass is 266 g/mol. The molecule has 0 spiro atoms. The second-order valence-electron chi connectivity index (χ2n) is 4.92. The molecule has 0 saturated heterocycles. The third-order valence-electron chi connectivity index (χ3n) is 3.50. The van der Waals surface area contributed by atoms with E-state index in [0.29, 0.717) is 5.56 Å². The van der Waals surface area contributed by atoms with E-state index in [-0.39, 0.29) is 5.82 Å². The molecule has 0 aliphatic heterocycles. The minimum atomic E-state index is -0.497. The first kappa shape index (κ1) is 12.8. The molecule has 0 fully saturated rings. The number of aromatic nitrogens is 1. The van der Waals surface area contributed by atoms with Crippen molar-refractivity contribution in [2.45, 2.75) is 13.0 Å². The van der Waals surface area contributed by atoms with Crippen LogP contribution in [0.4, 0.5) is 4.39 Å². The smallest absolute Gasteiger partial charge is 0.128 e. The Bertz CT molecular complexity index is 763. The van der Waals surface area contributed by atoms with E-state index in [4.69, 9.17) is 5.73 Å². The fraction of sp³-hybridized carbons (Fsp3) is 0.118. The molecule has 2 N–H and O–H groups in total. The van der Waals surface area contributed by atoms with Gasteiger partial charge in [0.2, 0.25) is 0 Å². The number of aryl methyl sites for hydroxylation is 1. The molecule has 100 valence electrons. The predicted molar refractivity (Wildman–Crippen MR) is 78.9 cm³/mol. The van der Waals surface area contributed by atoms with Crippen LogP contribution in [0.5, 0.6) is 0 Å². The van der Waals surface area contributed by atoms with Crippen LogP contribution in [0.3, 0.4) is 0 Å². The number of rotatable bonds is 2. The number of hydrogen-bond acceptors (Lipinski definition) is 2. The molecule has 3 rings (SSSR count). The Labute approximate surface area is 117 Å². The van der Waals surface area contributed by atoms with Gasteiger partial charge in [-0.3, -0.25) is 4.98 Å². The molecule has 0 amide bonds. The highest BCUT2D eigenvalue weighted by molar-refractivity contribution is 5.82. The zero-order valence-electron chi connectivity index (χ0n) is 11.2. The maximum Gasteiger partial charge on any atom is 0.128 e. The molecule has 1 heterocycles. The zero-order valence-corrected chi connectivity index (χ0v) is 11.2. The maximum atomic E-state index is 14.0. The summed E-state index contributed by atoms with van der Waals surface area (Å²) < 4.78 is 14.0. The van der Waals surface area contributed by atoms with Crippen LogP contribution in [0, 0.1) is 12.7 Å². The van der Waals surface area contributed by atoms with E-state index < -0.39 is 6.04 Å². The molecule has 1 unspecified atom stereocenters. The molecular formula is C17H15FN2. The highest BCUT2D eigenvalue weighted by atomic mass is 19.1. The second kappa shape index (κ2) is 5.02. The van der Waals surface area contributed by atoms with Gasteiger partial charge in [-0.15, -0.1) is 0 Å². The quantitative estimate of drug-likeness (QED) is 0.767. The Morgan fingerprint density at radius 3 is 2.70 bits per heavy atom. The molecule has 2 aromatic carbocycles. The van der Waals surface area contributed by atoms with E-state index in [9.17, 15) is 4.39 Å². The van der Waals surface area contributed by atoms with Crippen molar-refractivity contribution in [1.29, 1.82) is 0 Å². The fourth-order valence-corrected chi connectivity index (χ4v) is 2.46. The summed E-state index contributed by atoms with van der Waals surface area (Å²) in [5.41, 5.74) is 9.55. The van der Waals surface area contributed by atoms with Crippen molar-refractivity contribution in [3.8, 4) is 0 Å². The first-order valence-electron chi connectivity index (χ1n) is 6.52. The average Bonchev–Trinajstić information content (AvgIpc) is 2.48. The SMILES string of the molecule is Cc1ccc(F)c(C(N)c2ccnc3ccccc23)c1. The van der Waals surface area contributed by atoms with Crippen molar-refractivity contribution in [2.24, 2.45) is 5.73 Å². The molecule has 20 heavy (non-hydrogen) atoms. The minimum absolute atomic E-state index is 0.274. The largest absolute Gasteiger partial charge is 0.320 e. The lowest BCUT2D eigenvalue weighted by Gasteiger charge is -2.16. The summed E-state index contributed by atoms with van der Waals surface area (Å²) in [6.45, 7) is 1.93. The Hall–Kier alpha value is -2.26. The molecule has 3 aromatic rings. The predicted octanol–water partition coefficient (Wildman–Crippen LogP) is 3.73. The Balaban J connectivity index is 2.17. The molecule has 0 saturated carbocycles. The molecule has 1 atom stereocenters. The van der Waals surface area contributed by atoms with Crippen molar-refractivity contribution in [2.75, 3.05) is 0 Å².